The number of ether oxygens (including phenoxy) is 1. The van der Waals surface area contributed by atoms with Crippen LogP contribution >= 0.6 is 0 Å². The number of unbranched alkanes of at least 4 members (excludes halogenated alkanes) is 1. The van der Waals surface area contributed by atoms with Crippen LogP contribution < -0.4 is 0 Å². The van der Waals surface area contributed by atoms with Crippen molar-refractivity contribution < 1.29 is 39.2 Å². The summed E-state index contributed by atoms with van der Waals surface area (Å²) in [7, 11) is 0. The molecule has 212 valence electrons. The lowest BCUT2D eigenvalue weighted by molar-refractivity contribution is -0.185. The average molecular weight is 533 g/mol. The molecule has 1 unspecified atom stereocenters. The summed E-state index contributed by atoms with van der Waals surface area (Å²) < 4.78 is 5.40. The van der Waals surface area contributed by atoms with Gasteiger partial charge in [0.15, 0.2) is 12.4 Å². The van der Waals surface area contributed by atoms with E-state index < -0.39 is 47.4 Å². The summed E-state index contributed by atoms with van der Waals surface area (Å²) in [5, 5.41) is 32.1. The molecule has 4 aliphatic carbocycles. The molecule has 0 saturated heterocycles. The summed E-state index contributed by atoms with van der Waals surface area (Å²) in [6.07, 6.45) is 7.35. The number of aliphatic hydroxyl groups is 2. The maximum absolute atomic E-state index is 13.5. The van der Waals surface area contributed by atoms with Crippen LogP contribution in [0.2, 0.25) is 0 Å². The summed E-state index contributed by atoms with van der Waals surface area (Å²) in [6, 6.07) is 0. The molecule has 4 aliphatic rings. The van der Waals surface area contributed by atoms with Crippen LogP contribution in [-0.2, 0) is 23.9 Å². The van der Waals surface area contributed by atoms with Crippen molar-refractivity contribution in [2.75, 3.05) is 6.61 Å². The molecule has 3 N–H and O–H groups in total. The number of aliphatic hydroxyl groups excluding tert-OH is 1. The first-order valence-electron chi connectivity index (χ1n) is 14.4. The minimum Gasteiger partial charge on any atom is -0.481 e. The SMILES string of the molecule is CCC(CCCCC(=O)O)C(=O)OCC(=O)[C@@]1(O)CC[C@H]2[C@@H]3CCC4=CC(=O)CC[C@]4(C)[C@H]3[C@@H](O)C[C@@]21C. The van der Waals surface area contributed by atoms with Gasteiger partial charge in [0.25, 0.3) is 0 Å². The van der Waals surface area contributed by atoms with Crippen molar-refractivity contribution in [2.45, 2.75) is 110 Å². The van der Waals surface area contributed by atoms with E-state index in [0.29, 0.717) is 44.9 Å². The van der Waals surface area contributed by atoms with Crippen LogP contribution in [0.4, 0.5) is 0 Å². The van der Waals surface area contributed by atoms with Gasteiger partial charge in [-0.2, -0.15) is 0 Å². The van der Waals surface area contributed by atoms with Crippen LogP contribution in [0.25, 0.3) is 0 Å². The Labute approximate surface area is 225 Å². The Morgan fingerprint density at radius 2 is 1.87 bits per heavy atom. The topological polar surface area (TPSA) is 138 Å². The summed E-state index contributed by atoms with van der Waals surface area (Å²) >= 11 is 0. The number of Topliss-reactive ketones (excluding diaryl/α,β-unsaturated/α-hetero) is 1. The Bertz CT molecular complexity index is 1000. The maximum Gasteiger partial charge on any atom is 0.309 e. The number of hydrogen-bond donors (Lipinski definition) is 3. The summed E-state index contributed by atoms with van der Waals surface area (Å²) in [5.74, 6) is -1.91. The van der Waals surface area contributed by atoms with Crippen LogP contribution in [0.5, 0.6) is 0 Å². The van der Waals surface area contributed by atoms with Crippen molar-refractivity contribution in [1.29, 1.82) is 0 Å². The number of carbonyl (C=O) groups is 4. The first-order valence-corrected chi connectivity index (χ1v) is 14.4. The average Bonchev–Trinajstić information content (AvgIpc) is 3.13. The van der Waals surface area contributed by atoms with Crippen LogP contribution in [0.3, 0.4) is 0 Å². The quantitative estimate of drug-likeness (QED) is 0.283. The predicted octanol–water partition coefficient (Wildman–Crippen LogP) is 4.00. The highest BCUT2D eigenvalue weighted by Gasteiger charge is 2.68. The van der Waals surface area contributed by atoms with E-state index in [1.54, 1.807) is 6.08 Å². The minimum atomic E-state index is -1.67. The number of esters is 1. The van der Waals surface area contributed by atoms with Gasteiger partial charge in [0, 0.05) is 18.3 Å². The zero-order valence-electron chi connectivity index (χ0n) is 23.0. The number of rotatable bonds is 10. The van der Waals surface area contributed by atoms with E-state index in [0.717, 1.165) is 24.8 Å². The second kappa shape index (κ2) is 10.8. The van der Waals surface area contributed by atoms with Crippen LogP contribution in [-0.4, -0.2) is 57.1 Å². The molecule has 0 bridgehead atoms. The Kier molecular flexibility index (Phi) is 8.25. The Hall–Kier alpha value is -2.06. The van der Waals surface area contributed by atoms with Crippen LogP contribution in [0, 0.1) is 34.5 Å². The molecule has 0 radical (unpaired) electrons. The summed E-state index contributed by atoms with van der Waals surface area (Å²) in [6.45, 7) is 5.44. The maximum atomic E-state index is 13.5. The highest BCUT2D eigenvalue weighted by atomic mass is 16.5. The molecular formula is C30H44O8. The molecule has 8 heteroatoms. The Morgan fingerprint density at radius 3 is 2.55 bits per heavy atom. The minimum absolute atomic E-state index is 0.00426. The van der Waals surface area contributed by atoms with Gasteiger partial charge in [-0.1, -0.05) is 32.8 Å². The van der Waals surface area contributed by atoms with Gasteiger partial charge in [-0.25, -0.2) is 0 Å². The van der Waals surface area contributed by atoms with Crippen molar-refractivity contribution in [2.24, 2.45) is 34.5 Å². The summed E-state index contributed by atoms with van der Waals surface area (Å²) in [5.41, 5.74) is -1.59. The lowest BCUT2D eigenvalue weighted by atomic mass is 9.45. The number of fused-ring (bicyclic) bond motifs is 5. The number of carboxylic acid groups (broad SMARTS) is 1. The molecule has 0 aromatic heterocycles. The second-order valence-corrected chi connectivity index (χ2v) is 12.8. The monoisotopic (exact) mass is 532 g/mol. The highest BCUT2D eigenvalue weighted by molar-refractivity contribution is 5.92. The third-order valence-corrected chi connectivity index (χ3v) is 10.9. The standard InChI is InChI=1S/C30H44O8/c1-4-18(7-5-6-8-25(34)35)27(36)38-17-24(33)30(37)14-12-22-21-10-9-19-15-20(31)11-13-28(19,2)26(21)23(32)16-29(22,30)3/h15,18,21-23,26,32,37H,4-14,16-17H2,1-3H3,(H,34,35)/t18?,21-,22-,23-,26+,28-,29-,30-/m0/s1. The Morgan fingerprint density at radius 1 is 1.13 bits per heavy atom. The molecule has 8 nitrogen and oxygen atoms in total. The molecule has 0 aromatic carbocycles. The van der Waals surface area contributed by atoms with Crippen molar-refractivity contribution in [3.8, 4) is 0 Å². The van der Waals surface area contributed by atoms with Gasteiger partial charge in [0.05, 0.1) is 12.0 Å². The smallest absolute Gasteiger partial charge is 0.309 e. The number of allylic oxidation sites excluding steroid dienone is 1. The van der Waals surface area contributed by atoms with Gasteiger partial charge in [-0.15, -0.1) is 0 Å². The van der Waals surface area contributed by atoms with Gasteiger partial charge in [0.1, 0.15) is 5.60 Å². The van der Waals surface area contributed by atoms with Gasteiger partial charge in [-0.05, 0) is 87.0 Å². The van der Waals surface area contributed by atoms with Gasteiger partial charge in [-0.3, -0.25) is 19.2 Å². The highest BCUT2D eigenvalue weighted by Crippen LogP contribution is 2.67. The molecule has 0 aromatic rings. The number of hydrogen-bond acceptors (Lipinski definition) is 7. The molecule has 0 heterocycles. The van der Waals surface area contributed by atoms with E-state index in [1.807, 2.05) is 13.8 Å². The van der Waals surface area contributed by atoms with Crippen LogP contribution in [0.1, 0.15) is 97.8 Å². The van der Waals surface area contributed by atoms with Crippen molar-refractivity contribution in [1.82, 2.24) is 0 Å². The van der Waals surface area contributed by atoms with Crippen LogP contribution in [0.15, 0.2) is 11.6 Å². The van der Waals surface area contributed by atoms with E-state index in [2.05, 4.69) is 6.92 Å². The van der Waals surface area contributed by atoms with Crippen molar-refractivity contribution in [3.05, 3.63) is 11.6 Å². The van der Waals surface area contributed by atoms with Gasteiger partial charge in [0.2, 0.25) is 5.78 Å². The third-order valence-electron chi connectivity index (χ3n) is 10.9. The van der Waals surface area contributed by atoms with Crippen molar-refractivity contribution >= 4 is 23.5 Å². The van der Waals surface area contributed by atoms with Crippen molar-refractivity contribution in [3.63, 3.8) is 0 Å². The van der Waals surface area contributed by atoms with E-state index in [9.17, 15) is 29.4 Å². The van der Waals surface area contributed by atoms with E-state index >= 15 is 0 Å². The van der Waals surface area contributed by atoms with E-state index in [4.69, 9.17) is 9.84 Å². The first kappa shape index (κ1) is 28.9. The fraction of sp³-hybridized carbons (Fsp3) is 0.800. The van der Waals surface area contributed by atoms with E-state index in [-0.39, 0.29) is 41.8 Å². The fourth-order valence-corrected chi connectivity index (χ4v) is 8.68. The molecule has 3 fully saturated rings. The molecule has 8 atom stereocenters. The lowest BCUT2D eigenvalue weighted by Gasteiger charge is -2.60. The number of ketones is 2. The van der Waals surface area contributed by atoms with E-state index in [1.165, 1.54) is 0 Å². The molecule has 3 saturated carbocycles. The molecule has 0 aliphatic heterocycles. The zero-order valence-corrected chi connectivity index (χ0v) is 23.0. The number of carbonyl (C=O) groups excluding carboxylic acids is 3. The predicted molar refractivity (Wildman–Crippen MR) is 139 cm³/mol. The van der Waals surface area contributed by atoms with Gasteiger partial charge < -0.3 is 20.1 Å². The molecule has 0 amide bonds. The first-order chi connectivity index (χ1) is 17.9. The molecule has 0 spiro atoms. The zero-order chi connectivity index (χ0) is 27.9. The summed E-state index contributed by atoms with van der Waals surface area (Å²) in [4.78, 5) is 48.9. The largest absolute Gasteiger partial charge is 0.481 e. The fourth-order valence-electron chi connectivity index (χ4n) is 8.68. The van der Waals surface area contributed by atoms with Gasteiger partial charge >= 0.3 is 11.9 Å². The third kappa shape index (κ3) is 4.87. The lowest BCUT2D eigenvalue weighted by Crippen LogP contribution is -2.62. The number of carboxylic acids is 1. The normalized spacial score (nSPS) is 38.9. The molecule has 4 rings (SSSR count). The second-order valence-electron chi connectivity index (χ2n) is 12.8. The molecular weight excluding hydrogens is 488 g/mol. The number of aliphatic carboxylic acids is 1. The Balaban J connectivity index is 1.43. The molecule has 38 heavy (non-hydrogen) atoms.